The van der Waals surface area contributed by atoms with Crippen LogP contribution in [0.2, 0.25) is 0 Å². The van der Waals surface area contributed by atoms with Crippen LogP contribution in [0.25, 0.3) is 11.0 Å². The SMILES string of the molecule is COc1cc(C)c(C)cc1CNC(=O)c1ccc2nc(C)c(C)nc2c1. The molecule has 5 heteroatoms. The van der Waals surface area contributed by atoms with Gasteiger partial charge >= 0.3 is 0 Å². The lowest BCUT2D eigenvalue weighted by Crippen LogP contribution is -2.23. The molecule has 5 nitrogen and oxygen atoms in total. The molecule has 0 saturated carbocycles. The highest BCUT2D eigenvalue weighted by atomic mass is 16.5. The van der Waals surface area contributed by atoms with Crippen LogP contribution in [0.4, 0.5) is 0 Å². The van der Waals surface area contributed by atoms with E-state index in [9.17, 15) is 4.79 Å². The van der Waals surface area contributed by atoms with Crippen LogP contribution >= 0.6 is 0 Å². The highest BCUT2D eigenvalue weighted by Gasteiger charge is 2.11. The second-order valence-corrected chi connectivity index (χ2v) is 6.53. The van der Waals surface area contributed by atoms with Crippen LogP contribution in [-0.4, -0.2) is 23.0 Å². The number of nitrogens with zero attached hydrogens (tertiary/aromatic N) is 2. The number of aryl methyl sites for hydroxylation is 4. The summed E-state index contributed by atoms with van der Waals surface area (Å²) in [6.45, 7) is 8.34. The molecule has 1 aromatic heterocycles. The number of carbonyl (C=O) groups excluding carboxylic acids is 1. The molecule has 134 valence electrons. The topological polar surface area (TPSA) is 64.1 Å². The van der Waals surface area contributed by atoms with Gasteiger partial charge in [0.05, 0.1) is 29.5 Å². The number of methoxy groups -OCH3 is 1. The molecular weight excluding hydrogens is 326 g/mol. The van der Waals surface area contributed by atoms with Crippen LogP contribution in [0.1, 0.15) is 38.4 Å². The first-order valence-electron chi connectivity index (χ1n) is 8.56. The van der Waals surface area contributed by atoms with Gasteiger partial charge in [0.15, 0.2) is 0 Å². The summed E-state index contributed by atoms with van der Waals surface area (Å²) in [5.74, 6) is 0.635. The Bertz CT molecular complexity index is 996. The second-order valence-electron chi connectivity index (χ2n) is 6.53. The lowest BCUT2D eigenvalue weighted by molar-refractivity contribution is 0.0951. The fraction of sp³-hybridized carbons (Fsp3) is 0.286. The molecule has 0 aliphatic carbocycles. The van der Waals surface area contributed by atoms with Crippen molar-refractivity contribution in [3.05, 3.63) is 64.0 Å². The molecule has 0 bridgehead atoms. The number of ether oxygens (including phenoxy) is 1. The smallest absolute Gasteiger partial charge is 0.251 e. The third-order valence-electron chi connectivity index (χ3n) is 4.67. The highest BCUT2D eigenvalue weighted by molar-refractivity contribution is 5.97. The summed E-state index contributed by atoms with van der Waals surface area (Å²) in [7, 11) is 1.64. The molecular formula is C21H23N3O2. The van der Waals surface area contributed by atoms with Gasteiger partial charge < -0.3 is 10.1 Å². The lowest BCUT2D eigenvalue weighted by atomic mass is 10.0. The van der Waals surface area contributed by atoms with Gasteiger partial charge in [-0.25, -0.2) is 9.97 Å². The van der Waals surface area contributed by atoms with Gasteiger partial charge in [0, 0.05) is 17.7 Å². The third kappa shape index (κ3) is 3.52. The molecule has 1 N–H and O–H groups in total. The average Bonchev–Trinajstić information content (AvgIpc) is 2.62. The molecule has 0 fully saturated rings. The van der Waals surface area contributed by atoms with Crippen molar-refractivity contribution < 1.29 is 9.53 Å². The Balaban J connectivity index is 1.81. The first kappa shape index (κ1) is 17.9. The number of nitrogens with one attached hydrogen (secondary N) is 1. The number of fused-ring (bicyclic) bond motifs is 1. The number of amides is 1. The quantitative estimate of drug-likeness (QED) is 0.778. The van der Waals surface area contributed by atoms with E-state index in [2.05, 4.69) is 15.3 Å². The van der Waals surface area contributed by atoms with Gasteiger partial charge in [0.1, 0.15) is 5.75 Å². The molecule has 26 heavy (non-hydrogen) atoms. The van der Waals surface area contributed by atoms with Gasteiger partial charge in [-0.15, -0.1) is 0 Å². The number of carbonyl (C=O) groups is 1. The number of rotatable bonds is 4. The van der Waals surface area contributed by atoms with Crippen molar-refractivity contribution in [1.29, 1.82) is 0 Å². The van der Waals surface area contributed by atoms with Crippen LogP contribution in [0.3, 0.4) is 0 Å². The normalized spacial score (nSPS) is 10.8. The van der Waals surface area contributed by atoms with Gasteiger partial charge in [-0.3, -0.25) is 4.79 Å². The van der Waals surface area contributed by atoms with Crippen molar-refractivity contribution in [1.82, 2.24) is 15.3 Å². The monoisotopic (exact) mass is 349 g/mol. The standard InChI is InChI=1S/C21H23N3O2/c1-12-8-17(20(26-5)9-13(12)2)11-22-21(25)16-6-7-18-19(10-16)24-15(4)14(3)23-18/h6-10H,11H2,1-5H3,(H,22,25). The molecule has 0 saturated heterocycles. The van der Waals surface area contributed by atoms with Crippen molar-refractivity contribution >= 4 is 16.9 Å². The summed E-state index contributed by atoms with van der Waals surface area (Å²) in [6, 6.07) is 9.43. The zero-order chi connectivity index (χ0) is 18.8. The van der Waals surface area contributed by atoms with Crippen molar-refractivity contribution in [2.45, 2.75) is 34.2 Å². The maximum atomic E-state index is 12.6. The maximum absolute atomic E-state index is 12.6. The fourth-order valence-electron chi connectivity index (χ4n) is 2.83. The lowest BCUT2D eigenvalue weighted by Gasteiger charge is -2.13. The van der Waals surface area contributed by atoms with Crippen LogP contribution in [0.15, 0.2) is 30.3 Å². The van der Waals surface area contributed by atoms with E-state index >= 15 is 0 Å². The summed E-state index contributed by atoms with van der Waals surface area (Å²) in [5.41, 5.74) is 7.14. The van der Waals surface area contributed by atoms with E-state index < -0.39 is 0 Å². The van der Waals surface area contributed by atoms with Crippen molar-refractivity contribution in [2.75, 3.05) is 7.11 Å². The Labute approximate surface area is 153 Å². The molecule has 0 spiro atoms. The molecule has 0 unspecified atom stereocenters. The van der Waals surface area contributed by atoms with Gasteiger partial charge in [0.25, 0.3) is 5.91 Å². The van der Waals surface area contributed by atoms with E-state index in [0.29, 0.717) is 12.1 Å². The fourth-order valence-corrected chi connectivity index (χ4v) is 2.83. The predicted octanol–water partition coefficient (Wildman–Crippen LogP) is 3.80. The molecule has 2 aromatic carbocycles. The largest absolute Gasteiger partial charge is 0.496 e. The zero-order valence-corrected chi connectivity index (χ0v) is 15.8. The molecule has 0 aliphatic heterocycles. The van der Waals surface area contributed by atoms with Crippen LogP contribution in [-0.2, 0) is 6.54 Å². The number of aromatic nitrogens is 2. The average molecular weight is 349 g/mol. The first-order chi connectivity index (χ1) is 12.4. The Morgan fingerprint density at radius 3 is 2.31 bits per heavy atom. The minimum atomic E-state index is -0.146. The summed E-state index contributed by atoms with van der Waals surface area (Å²) >= 11 is 0. The number of benzene rings is 2. The summed E-state index contributed by atoms with van der Waals surface area (Å²) in [5, 5.41) is 2.96. The minimum absolute atomic E-state index is 0.146. The van der Waals surface area contributed by atoms with E-state index in [-0.39, 0.29) is 5.91 Å². The Morgan fingerprint density at radius 1 is 0.962 bits per heavy atom. The zero-order valence-electron chi connectivity index (χ0n) is 15.8. The van der Waals surface area contributed by atoms with Gasteiger partial charge in [-0.05, 0) is 63.1 Å². The molecule has 0 atom stereocenters. The molecule has 0 radical (unpaired) electrons. The van der Waals surface area contributed by atoms with E-state index in [0.717, 1.165) is 39.3 Å². The van der Waals surface area contributed by atoms with E-state index in [1.54, 1.807) is 19.2 Å². The van der Waals surface area contributed by atoms with Crippen molar-refractivity contribution in [2.24, 2.45) is 0 Å². The molecule has 3 aromatic rings. The van der Waals surface area contributed by atoms with E-state index in [4.69, 9.17) is 4.74 Å². The van der Waals surface area contributed by atoms with Gasteiger partial charge in [-0.1, -0.05) is 6.07 Å². The summed E-state index contributed by atoms with van der Waals surface area (Å²) in [6.07, 6.45) is 0. The molecule has 1 heterocycles. The first-order valence-corrected chi connectivity index (χ1v) is 8.56. The van der Waals surface area contributed by atoms with Crippen LogP contribution in [0, 0.1) is 27.7 Å². The van der Waals surface area contributed by atoms with Gasteiger partial charge in [-0.2, -0.15) is 0 Å². The Hall–Kier alpha value is -2.95. The number of hydrogen-bond acceptors (Lipinski definition) is 4. The summed E-state index contributed by atoms with van der Waals surface area (Å²) in [4.78, 5) is 21.6. The summed E-state index contributed by atoms with van der Waals surface area (Å²) < 4.78 is 5.43. The third-order valence-corrected chi connectivity index (χ3v) is 4.67. The van der Waals surface area contributed by atoms with Gasteiger partial charge in [0.2, 0.25) is 0 Å². The number of hydrogen-bond donors (Lipinski definition) is 1. The van der Waals surface area contributed by atoms with Crippen LogP contribution < -0.4 is 10.1 Å². The van der Waals surface area contributed by atoms with Crippen molar-refractivity contribution in [3.63, 3.8) is 0 Å². The maximum Gasteiger partial charge on any atom is 0.251 e. The highest BCUT2D eigenvalue weighted by Crippen LogP contribution is 2.23. The molecule has 3 rings (SSSR count). The van der Waals surface area contributed by atoms with E-state index in [1.807, 2.05) is 45.9 Å². The van der Waals surface area contributed by atoms with Crippen LogP contribution in [0.5, 0.6) is 5.75 Å². The Morgan fingerprint density at radius 2 is 1.62 bits per heavy atom. The van der Waals surface area contributed by atoms with Crippen molar-refractivity contribution in [3.8, 4) is 5.75 Å². The second kappa shape index (κ2) is 7.12. The minimum Gasteiger partial charge on any atom is -0.496 e. The molecule has 1 amide bonds. The Kier molecular flexibility index (Phi) is 4.89. The predicted molar refractivity (Wildman–Crippen MR) is 103 cm³/mol. The van der Waals surface area contributed by atoms with E-state index in [1.165, 1.54) is 5.56 Å². The molecule has 0 aliphatic rings.